The van der Waals surface area contributed by atoms with Crippen molar-refractivity contribution in [2.45, 2.75) is 31.3 Å². The van der Waals surface area contributed by atoms with E-state index in [9.17, 15) is 4.79 Å². The van der Waals surface area contributed by atoms with Gasteiger partial charge in [0.2, 0.25) is 0 Å². The van der Waals surface area contributed by atoms with Crippen LogP contribution in [0, 0.1) is 0 Å². The average molecular weight is 427 g/mol. The number of hydrogen-bond acceptors (Lipinski definition) is 4. The smallest absolute Gasteiger partial charge is 0.251 e. The lowest BCUT2D eigenvalue weighted by molar-refractivity contribution is 0.0963. The maximum atomic E-state index is 11.7. The Hall–Kier alpha value is -1.92. The summed E-state index contributed by atoms with van der Waals surface area (Å²) in [4.78, 5) is 14.3. The zero-order chi connectivity index (χ0) is 21.0. The number of hydrogen-bond donors (Lipinski definition) is 3. The first-order valence-corrected chi connectivity index (χ1v) is 11.2. The quantitative estimate of drug-likeness (QED) is 0.688. The zero-order valence-corrected chi connectivity index (χ0v) is 18.4. The van der Waals surface area contributed by atoms with Crippen LogP contribution in [0.5, 0.6) is 0 Å². The summed E-state index contributed by atoms with van der Waals surface area (Å²) < 4.78 is 0. The largest absolute Gasteiger partial charge is 0.355 e. The first kappa shape index (κ1) is 21.3. The lowest BCUT2D eigenvalue weighted by Gasteiger charge is -2.45. The van der Waals surface area contributed by atoms with Gasteiger partial charge in [-0.25, -0.2) is 0 Å². The molecule has 30 heavy (non-hydrogen) atoms. The summed E-state index contributed by atoms with van der Waals surface area (Å²) in [6.07, 6.45) is 3.18. The molecule has 3 N–H and O–H groups in total. The Bertz CT molecular complexity index is 867. The van der Waals surface area contributed by atoms with Crippen LogP contribution >= 0.6 is 11.6 Å². The number of carbonyl (C=O) groups is 1. The van der Waals surface area contributed by atoms with E-state index in [0.29, 0.717) is 16.1 Å². The molecule has 0 bridgehead atoms. The van der Waals surface area contributed by atoms with Crippen LogP contribution in [0.25, 0.3) is 0 Å². The van der Waals surface area contributed by atoms with Gasteiger partial charge in [-0.1, -0.05) is 41.9 Å². The molecule has 2 saturated heterocycles. The van der Waals surface area contributed by atoms with Crippen molar-refractivity contribution in [3.8, 4) is 0 Å². The maximum absolute atomic E-state index is 11.7. The van der Waals surface area contributed by atoms with E-state index in [-0.39, 0.29) is 5.91 Å². The van der Waals surface area contributed by atoms with Gasteiger partial charge in [-0.15, -0.1) is 0 Å². The van der Waals surface area contributed by atoms with Crippen LogP contribution in [0.3, 0.4) is 0 Å². The predicted octanol–water partition coefficient (Wildman–Crippen LogP) is 2.82. The minimum atomic E-state index is -0.119. The van der Waals surface area contributed by atoms with E-state index < -0.39 is 0 Å². The molecule has 5 nitrogen and oxygen atoms in total. The molecule has 6 heteroatoms. The van der Waals surface area contributed by atoms with E-state index in [1.807, 2.05) is 12.1 Å². The number of nitrogens with one attached hydrogen (secondary N) is 3. The minimum Gasteiger partial charge on any atom is -0.355 e. The fourth-order valence-electron chi connectivity index (χ4n) is 4.52. The molecular formula is C24H31ClN4O. The molecule has 2 aliphatic rings. The lowest BCUT2D eigenvalue weighted by atomic mass is 9.86. The summed E-state index contributed by atoms with van der Waals surface area (Å²) in [5.41, 5.74) is 4.51. The first-order chi connectivity index (χ1) is 14.6. The van der Waals surface area contributed by atoms with Crippen LogP contribution in [0.15, 0.2) is 42.5 Å². The van der Waals surface area contributed by atoms with Crippen molar-refractivity contribution < 1.29 is 4.79 Å². The maximum Gasteiger partial charge on any atom is 0.251 e. The van der Waals surface area contributed by atoms with Crippen molar-refractivity contribution in [2.24, 2.45) is 0 Å². The van der Waals surface area contributed by atoms with Gasteiger partial charge >= 0.3 is 0 Å². The number of piperidine rings is 1. The van der Waals surface area contributed by atoms with Gasteiger partial charge in [-0.05, 0) is 48.1 Å². The predicted molar refractivity (Wildman–Crippen MR) is 122 cm³/mol. The van der Waals surface area contributed by atoms with Gasteiger partial charge in [0.05, 0.1) is 0 Å². The highest BCUT2D eigenvalue weighted by Crippen LogP contribution is 2.25. The summed E-state index contributed by atoms with van der Waals surface area (Å²) in [5, 5.41) is 10.5. The number of halogens is 1. The molecule has 0 radical (unpaired) electrons. The summed E-state index contributed by atoms with van der Waals surface area (Å²) >= 11 is 6.41. The summed E-state index contributed by atoms with van der Waals surface area (Å²) in [6, 6.07) is 14.4. The Kier molecular flexibility index (Phi) is 6.74. The molecule has 2 heterocycles. The van der Waals surface area contributed by atoms with Crippen molar-refractivity contribution in [3.05, 3.63) is 69.7 Å². The van der Waals surface area contributed by atoms with Gasteiger partial charge in [0.15, 0.2) is 0 Å². The zero-order valence-electron chi connectivity index (χ0n) is 17.6. The summed E-state index contributed by atoms with van der Waals surface area (Å²) in [6.45, 7) is 6.56. The Balaban J connectivity index is 1.32. The molecule has 0 aliphatic carbocycles. The number of amides is 1. The van der Waals surface area contributed by atoms with E-state index in [4.69, 9.17) is 11.6 Å². The molecule has 2 aliphatic heterocycles. The van der Waals surface area contributed by atoms with E-state index in [0.717, 1.165) is 51.3 Å². The average Bonchev–Trinajstić information content (AvgIpc) is 2.78. The molecule has 2 aromatic rings. The number of likely N-dealkylation sites (tertiary alicyclic amines) is 1. The summed E-state index contributed by atoms with van der Waals surface area (Å²) in [7, 11) is 1.62. The Morgan fingerprint density at radius 3 is 2.47 bits per heavy atom. The van der Waals surface area contributed by atoms with Crippen LogP contribution in [-0.4, -0.2) is 56.1 Å². The molecule has 0 unspecified atom stereocenters. The second-order valence-corrected chi connectivity index (χ2v) is 8.95. The number of carbonyl (C=O) groups excluding carboxylic acids is 1. The van der Waals surface area contributed by atoms with Crippen LogP contribution in [-0.2, 0) is 13.0 Å². The highest BCUT2D eigenvalue weighted by atomic mass is 35.5. The van der Waals surface area contributed by atoms with Crippen LogP contribution in [0.2, 0.25) is 5.02 Å². The van der Waals surface area contributed by atoms with Crippen LogP contribution in [0.4, 0.5) is 0 Å². The van der Waals surface area contributed by atoms with E-state index >= 15 is 0 Å². The normalized spacial score (nSPS) is 19.0. The fraction of sp³-hybridized carbons (Fsp3) is 0.458. The molecule has 1 amide bonds. The third-order valence-electron chi connectivity index (χ3n) is 6.44. The topological polar surface area (TPSA) is 56.4 Å². The first-order valence-electron chi connectivity index (χ1n) is 10.8. The number of rotatable bonds is 5. The second-order valence-electron chi connectivity index (χ2n) is 8.54. The molecule has 0 aromatic heterocycles. The van der Waals surface area contributed by atoms with Gasteiger partial charge in [0.1, 0.15) is 0 Å². The molecule has 160 valence electrons. The van der Waals surface area contributed by atoms with Crippen molar-refractivity contribution in [2.75, 3.05) is 39.8 Å². The fourth-order valence-corrected chi connectivity index (χ4v) is 4.76. The van der Waals surface area contributed by atoms with Crippen LogP contribution < -0.4 is 16.0 Å². The monoisotopic (exact) mass is 426 g/mol. The molecule has 0 atom stereocenters. The Morgan fingerprint density at radius 2 is 1.83 bits per heavy atom. The molecule has 0 saturated carbocycles. The molecule has 2 fully saturated rings. The standard InChI is InChI=1S/C24H31ClN4O/c1-26-23(30)21-7-6-20(22(25)15-21)14-18-2-4-19(5-3-18)16-29-12-8-24(9-13-29)17-27-10-11-28-24/h2-7,15,27-28H,8-14,16-17H2,1H3,(H,26,30). The van der Waals surface area contributed by atoms with Crippen molar-refractivity contribution in [1.29, 1.82) is 0 Å². The SMILES string of the molecule is CNC(=O)c1ccc(Cc2ccc(CN3CCC4(CC3)CNCCN4)cc2)c(Cl)c1. The van der Waals surface area contributed by atoms with Gasteiger partial charge < -0.3 is 16.0 Å². The summed E-state index contributed by atoms with van der Waals surface area (Å²) in [5.74, 6) is -0.119. The van der Waals surface area contributed by atoms with Gasteiger partial charge in [-0.3, -0.25) is 9.69 Å². The van der Waals surface area contributed by atoms with Gasteiger partial charge in [0, 0.05) is 62.4 Å². The van der Waals surface area contributed by atoms with Crippen LogP contribution in [0.1, 0.15) is 39.9 Å². The Morgan fingerprint density at radius 1 is 1.10 bits per heavy atom. The number of benzene rings is 2. The highest BCUT2D eigenvalue weighted by molar-refractivity contribution is 6.31. The van der Waals surface area contributed by atoms with Gasteiger partial charge in [-0.2, -0.15) is 0 Å². The third kappa shape index (κ3) is 5.03. The second kappa shape index (κ2) is 9.48. The van der Waals surface area contributed by atoms with Gasteiger partial charge in [0.25, 0.3) is 5.91 Å². The Labute approximate surface area is 184 Å². The van der Waals surface area contributed by atoms with Crippen molar-refractivity contribution in [1.82, 2.24) is 20.9 Å². The van der Waals surface area contributed by atoms with E-state index in [1.54, 1.807) is 13.1 Å². The lowest BCUT2D eigenvalue weighted by Crippen LogP contribution is -2.63. The van der Waals surface area contributed by atoms with Crippen molar-refractivity contribution in [3.63, 3.8) is 0 Å². The highest BCUT2D eigenvalue weighted by Gasteiger charge is 2.35. The molecule has 4 rings (SSSR count). The number of nitrogens with zero attached hydrogens (tertiary/aromatic N) is 1. The third-order valence-corrected chi connectivity index (χ3v) is 6.80. The van der Waals surface area contributed by atoms with E-state index in [2.05, 4.69) is 45.1 Å². The van der Waals surface area contributed by atoms with E-state index in [1.165, 1.54) is 24.0 Å². The molecule has 2 aromatic carbocycles. The number of piperazine rings is 1. The minimum absolute atomic E-state index is 0.119. The molecule has 1 spiro atoms. The molecular weight excluding hydrogens is 396 g/mol. The van der Waals surface area contributed by atoms with Crippen molar-refractivity contribution >= 4 is 17.5 Å².